The minimum absolute atomic E-state index is 0.663. The van der Waals surface area contributed by atoms with Gasteiger partial charge >= 0.3 is 0 Å². The number of aromatic nitrogens is 2. The third-order valence-corrected chi connectivity index (χ3v) is 5.20. The largest absolute Gasteiger partial charge is 0.495 e. The van der Waals surface area contributed by atoms with Gasteiger partial charge in [-0.05, 0) is 30.7 Å². The van der Waals surface area contributed by atoms with E-state index >= 15 is 0 Å². The predicted octanol–water partition coefficient (Wildman–Crippen LogP) is 3.73. The summed E-state index contributed by atoms with van der Waals surface area (Å²) in [5, 5.41) is 3.34. The van der Waals surface area contributed by atoms with Gasteiger partial charge in [0.15, 0.2) is 0 Å². The van der Waals surface area contributed by atoms with Crippen LogP contribution in [-0.4, -0.2) is 43.3 Å². The molecule has 1 fully saturated rings. The van der Waals surface area contributed by atoms with Gasteiger partial charge in [0.2, 0.25) is 5.95 Å². The van der Waals surface area contributed by atoms with E-state index in [4.69, 9.17) is 9.72 Å². The highest BCUT2D eigenvalue weighted by molar-refractivity contribution is 5.59. The van der Waals surface area contributed by atoms with Crippen LogP contribution in [0.4, 0.5) is 17.5 Å². The molecule has 0 unspecified atom stereocenters. The average molecular weight is 390 g/mol. The molecule has 0 saturated carbocycles. The lowest BCUT2D eigenvalue weighted by Gasteiger charge is -2.37. The van der Waals surface area contributed by atoms with E-state index in [1.165, 1.54) is 11.1 Å². The molecule has 1 aliphatic rings. The molecule has 6 heteroatoms. The summed E-state index contributed by atoms with van der Waals surface area (Å²) in [4.78, 5) is 13.8. The zero-order valence-corrected chi connectivity index (χ0v) is 17.0. The van der Waals surface area contributed by atoms with Crippen LogP contribution in [0.2, 0.25) is 0 Å². The number of nitrogens with one attached hydrogen (secondary N) is 1. The number of rotatable bonds is 6. The second kappa shape index (κ2) is 8.82. The maximum atomic E-state index is 5.51. The Morgan fingerprint density at radius 1 is 0.966 bits per heavy atom. The second-order valence-corrected chi connectivity index (χ2v) is 7.23. The van der Waals surface area contributed by atoms with Gasteiger partial charge in [0.05, 0.1) is 12.8 Å². The lowest BCUT2D eigenvalue weighted by atomic mass is 10.1. The Morgan fingerprint density at radius 3 is 2.55 bits per heavy atom. The van der Waals surface area contributed by atoms with E-state index in [1.807, 2.05) is 24.4 Å². The Balaban J connectivity index is 1.38. The first-order valence-electron chi connectivity index (χ1n) is 9.98. The number of anilines is 3. The number of piperazine rings is 1. The maximum absolute atomic E-state index is 5.51. The number of methoxy groups -OCH3 is 1. The third-order valence-electron chi connectivity index (χ3n) is 5.20. The molecule has 0 bridgehead atoms. The molecular formula is C23H27N5O. The van der Waals surface area contributed by atoms with E-state index in [1.54, 1.807) is 7.11 Å². The van der Waals surface area contributed by atoms with Crippen molar-refractivity contribution < 1.29 is 4.74 Å². The first kappa shape index (κ1) is 19.1. The minimum atomic E-state index is 0.663. The molecule has 2 heterocycles. The van der Waals surface area contributed by atoms with Crippen molar-refractivity contribution in [2.24, 2.45) is 0 Å². The molecule has 0 atom stereocenters. The lowest BCUT2D eigenvalue weighted by Crippen LogP contribution is -2.47. The third kappa shape index (κ3) is 4.59. The molecular weight excluding hydrogens is 362 g/mol. The Hall–Kier alpha value is -3.28. The molecule has 1 N–H and O–H groups in total. The second-order valence-electron chi connectivity index (χ2n) is 7.23. The number of ether oxygens (including phenoxy) is 1. The van der Waals surface area contributed by atoms with Gasteiger partial charge in [-0.15, -0.1) is 0 Å². The monoisotopic (exact) mass is 389 g/mol. The van der Waals surface area contributed by atoms with Gasteiger partial charge in [-0.25, -0.2) is 4.98 Å². The van der Waals surface area contributed by atoms with Crippen LogP contribution in [0, 0.1) is 6.92 Å². The summed E-state index contributed by atoms with van der Waals surface area (Å²) in [6, 6.07) is 18.6. The molecule has 150 valence electrons. The molecule has 1 aliphatic heterocycles. The standard InChI is InChI=1S/C23H27N5O/c1-18-6-5-7-19(16-18)17-25-23-24-11-10-22(26-23)28-14-12-27(13-15-28)20-8-3-4-9-21(20)29-2/h3-11,16H,12-15,17H2,1-2H3,(H,24,25,26). The van der Waals surface area contributed by atoms with Crippen LogP contribution in [0.3, 0.4) is 0 Å². The van der Waals surface area contributed by atoms with Crippen molar-refractivity contribution in [1.82, 2.24) is 9.97 Å². The van der Waals surface area contributed by atoms with Crippen LogP contribution < -0.4 is 19.9 Å². The quantitative estimate of drug-likeness (QED) is 0.693. The van der Waals surface area contributed by atoms with Crippen LogP contribution in [-0.2, 0) is 6.54 Å². The lowest BCUT2D eigenvalue weighted by molar-refractivity contribution is 0.413. The van der Waals surface area contributed by atoms with Gasteiger partial charge in [0, 0.05) is 38.9 Å². The molecule has 1 aromatic heterocycles. The zero-order chi connectivity index (χ0) is 20.1. The fraction of sp³-hybridized carbons (Fsp3) is 0.304. The molecule has 2 aromatic carbocycles. The first-order chi connectivity index (χ1) is 14.2. The summed E-state index contributed by atoms with van der Waals surface area (Å²) in [6.07, 6.45) is 1.83. The van der Waals surface area contributed by atoms with Gasteiger partial charge < -0.3 is 19.9 Å². The van der Waals surface area contributed by atoms with Gasteiger partial charge in [-0.2, -0.15) is 4.98 Å². The molecule has 1 saturated heterocycles. The summed E-state index contributed by atoms with van der Waals surface area (Å²) in [7, 11) is 1.72. The van der Waals surface area contributed by atoms with Crippen molar-refractivity contribution in [2.75, 3.05) is 48.4 Å². The van der Waals surface area contributed by atoms with Gasteiger partial charge in [0.25, 0.3) is 0 Å². The van der Waals surface area contributed by atoms with Crippen molar-refractivity contribution in [1.29, 1.82) is 0 Å². The molecule has 0 amide bonds. The summed E-state index contributed by atoms with van der Waals surface area (Å²) in [5.74, 6) is 2.55. The van der Waals surface area contributed by atoms with Crippen molar-refractivity contribution in [3.8, 4) is 5.75 Å². The van der Waals surface area contributed by atoms with E-state index in [9.17, 15) is 0 Å². The Kier molecular flexibility index (Phi) is 5.79. The number of nitrogens with zero attached hydrogens (tertiary/aromatic N) is 4. The average Bonchev–Trinajstić information content (AvgIpc) is 2.78. The topological polar surface area (TPSA) is 53.5 Å². The van der Waals surface area contributed by atoms with Crippen LogP contribution in [0.25, 0.3) is 0 Å². The number of benzene rings is 2. The van der Waals surface area contributed by atoms with E-state index < -0.39 is 0 Å². The molecule has 0 radical (unpaired) electrons. The summed E-state index contributed by atoms with van der Waals surface area (Å²) >= 11 is 0. The van der Waals surface area contributed by atoms with Crippen molar-refractivity contribution in [3.05, 3.63) is 71.9 Å². The van der Waals surface area contributed by atoms with Crippen LogP contribution in [0.5, 0.6) is 5.75 Å². The van der Waals surface area contributed by atoms with E-state index in [2.05, 4.69) is 63.4 Å². The highest BCUT2D eigenvalue weighted by Gasteiger charge is 2.20. The molecule has 0 spiro atoms. The summed E-state index contributed by atoms with van der Waals surface area (Å²) < 4.78 is 5.51. The van der Waals surface area contributed by atoms with Gasteiger partial charge in [-0.3, -0.25) is 0 Å². The number of hydrogen-bond acceptors (Lipinski definition) is 6. The SMILES string of the molecule is COc1ccccc1N1CCN(c2ccnc(NCc3cccc(C)c3)n2)CC1. The Labute approximate surface area is 172 Å². The molecule has 29 heavy (non-hydrogen) atoms. The smallest absolute Gasteiger partial charge is 0.224 e. The van der Waals surface area contributed by atoms with E-state index in [0.717, 1.165) is 43.4 Å². The van der Waals surface area contributed by atoms with Crippen LogP contribution in [0.1, 0.15) is 11.1 Å². The predicted molar refractivity (Wildman–Crippen MR) is 118 cm³/mol. The Bertz CT molecular complexity index is 953. The number of hydrogen-bond donors (Lipinski definition) is 1. The molecule has 0 aliphatic carbocycles. The van der Waals surface area contributed by atoms with Gasteiger partial charge in [-0.1, -0.05) is 42.0 Å². The van der Waals surface area contributed by atoms with Crippen molar-refractivity contribution in [2.45, 2.75) is 13.5 Å². The fourth-order valence-corrected chi connectivity index (χ4v) is 3.68. The summed E-state index contributed by atoms with van der Waals surface area (Å²) in [5.41, 5.74) is 3.63. The Morgan fingerprint density at radius 2 is 1.76 bits per heavy atom. The first-order valence-corrected chi connectivity index (χ1v) is 9.98. The summed E-state index contributed by atoms with van der Waals surface area (Å²) in [6.45, 7) is 6.49. The highest BCUT2D eigenvalue weighted by atomic mass is 16.5. The van der Waals surface area contributed by atoms with Gasteiger partial charge in [0.1, 0.15) is 11.6 Å². The molecule has 3 aromatic rings. The molecule has 6 nitrogen and oxygen atoms in total. The fourth-order valence-electron chi connectivity index (χ4n) is 3.68. The minimum Gasteiger partial charge on any atom is -0.495 e. The maximum Gasteiger partial charge on any atom is 0.224 e. The normalized spacial score (nSPS) is 14.0. The zero-order valence-electron chi connectivity index (χ0n) is 17.0. The van der Waals surface area contributed by atoms with Crippen molar-refractivity contribution in [3.63, 3.8) is 0 Å². The van der Waals surface area contributed by atoms with E-state index in [0.29, 0.717) is 12.5 Å². The van der Waals surface area contributed by atoms with Crippen molar-refractivity contribution >= 4 is 17.5 Å². The van der Waals surface area contributed by atoms with Crippen LogP contribution in [0.15, 0.2) is 60.8 Å². The highest BCUT2D eigenvalue weighted by Crippen LogP contribution is 2.29. The van der Waals surface area contributed by atoms with Crippen LogP contribution >= 0.6 is 0 Å². The number of aryl methyl sites for hydroxylation is 1. The van der Waals surface area contributed by atoms with E-state index in [-0.39, 0.29) is 0 Å². The molecule has 4 rings (SSSR count). The number of para-hydroxylation sites is 2.